The number of hydrogen-bond donors (Lipinski definition) is 1. The van der Waals surface area contributed by atoms with Gasteiger partial charge < -0.3 is 14.8 Å². The number of amides is 1. The first kappa shape index (κ1) is 14.5. The molecule has 1 fully saturated rings. The van der Waals surface area contributed by atoms with E-state index in [2.05, 4.69) is 10.1 Å². The molecule has 2 rings (SSSR count). The molecular formula is C13H14F3NO3. The third kappa shape index (κ3) is 3.34. The van der Waals surface area contributed by atoms with Crippen molar-refractivity contribution >= 4 is 6.09 Å². The predicted molar refractivity (Wildman–Crippen MR) is 64.1 cm³/mol. The molecule has 0 saturated carbocycles. The molecule has 1 saturated heterocycles. The Morgan fingerprint density at radius 3 is 2.45 bits per heavy atom. The molecular weight excluding hydrogens is 275 g/mol. The van der Waals surface area contributed by atoms with Gasteiger partial charge in [0.05, 0.1) is 6.04 Å². The highest BCUT2D eigenvalue weighted by Crippen LogP contribution is 2.37. The first-order chi connectivity index (χ1) is 9.17. The van der Waals surface area contributed by atoms with Crippen LogP contribution in [0.3, 0.4) is 0 Å². The van der Waals surface area contributed by atoms with Crippen molar-refractivity contribution in [2.24, 2.45) is 5.41 Å². The number of halogens is 3. The van der Waals surface area contributed by atoms with Gasteiger partial charge >= 0.3 is 12.5 Å². The van der Waals surface area contributed by atoms with Crippen LogP contribution in [0.25, 0.3) is 0 Å². The fourth-order valence-electron chi connectivity index (χ4n) is 2.09. The summed E-state index contributed by atoms with van der Waals surface area (Å²) in [5.74, 6) is -0.294. The summed E-state index contributed by atoms with van der Waals surface area (Å²) in [6.45, 7) is 4.04. The maximum atomic E-state index is 12.1. The van der Waals surface area contributed by atoms with E-state index in [1.165, 1.54) is 24.3 Å². The van der Waals surface area contributed by atoms with E-state index < -0.39 is 12.5 Å². The number of nitrogens with one attached hydrogen (secondary N) is 1. The molecule has 1 aliphatic rings. The third-order valence-corrected chi connectivity index (χ3v) is 3.07. The molecule has 0 spiro atoms. The molecule has 1 aromatic rings. The Balaban J connectivity index is 2.18. The molecule has 1 atom stereocenters. The third-order valence-electron chi connectivity index (χ3n) is 3.07. The van der Waals surface area contributed by atoms with Crippen LogP contribution in [-0.4, -0.2) is 19.1 Å². The van der Waals surface area contributed by atoms with Crippen molar-refractivity contribution in [3.63, 3.8) is 0 Å². The molecule has 0 unspecified atom stereocenters. The average Bonchev–Trinajstić information content (AvgIpc) is 2.32. The molecule has 1 amide bonds. The number of carbonyl (C=O) groups excluding carboxylic acids is 1. The second kappa shape index (κ2) is 4.88. The van der Waals surface area contributed by atoms with Crippen molar-refractivity contribution in [3.8, 4) is 5.75 Å². The van der Waals surface area contributed by atoms with Crippen LogP contribution < -0.4 is 10.1 Å². The summed E-state index contributed by atoms with van der Waals surface area (Å²) in [5, 5.41) is 2.67. The fourth-order valence-corrected chi connectivity index (χ4v) is 2.09. The monoisotopic (exact) mass is 289 g/mol. The van der Waals surface area contributed by atoms with Gasteiger partial charge in [0.1, 0.15) is 12.4 Å². The van der Waals surface area contributed by atoms with Gasteiger partial charge in [0, 0.05) is 5.41 Å². The highest BCUT2D eigenvalue weighted by Gasteiger charge is 2.38. The lowest BCUT2D eigenvalue weighted by Gasteiger charge is -2.38. The zero-order valence-electron chi connectivity index (χ0n) is 11.0. The molecule has 0 bridgehead atoms. The van der Waals surface area contributed by atoms with Gasteiger partial charge in [0.25, 0.3) is 0 Å². The van der Waals surface area contributed by atoms with Crippen LogP contribution >= 0.6 is 0 Å². The standard InChI is InChI=1S/C13H14F3NO3/c1-12(2)7-19-11(18)17-10(12)8-3-5-9(6-4-8)20-13(14,15)16/h3-6,10H,7H2,1-2H3,(H,17,18)/t10-/m1/s1. The zero-order chi connectivity index (χ0) is 15.0. The van der Waals surface area contributed by atoms with Gasteiger partial charge in [-0.15, -0.1) is 13.2 Å². The van der Waals surface area contributed by atoms with Gasteiger partial charge in [-0.1, -0.05) is 26.0 Å². The van der Waals surface area contributed by atoms with Gasteiger partial charge in [-0.25, -0.2) is 4.79 Å². The number of alkyl carbamates (subject to hydrolysis) is 1. The van der Waals surface area contributed by atoms with E-state index in [1.54, 1.807) is 0 Å². The largest absolute Gasteiger partial charge is 0.573 e. The maximum absolute atomic E-state index is 12.1. The minimum atomic E-state index is -4.71. The number of ether oxygens (including phenoxy) is 2. The highest BCUT2D eigenvalue weighted by atomic mass is 19.4. The Morgan fingerprint density at radius 1 is 1.30 bits per heavy atom. The molecule has 4 nitrogen and oxygen atoms in total. The van der Waals surface area contributed by atoms with E-state index in [1.807, 2.05) is 13.8 Å². The van der Waals surface area contributed by atoms with Crippen molar-refractivity contribution < 1.29 is 27.4 Å². The summed E-state index contributed by atoms with van der Waals surface area (Å²) in [5.41, 5.74) is 0.335. The average molecular weight is 289 g/mol. The Morgan fingerprint density at radius 2 is 1.90 bits per heavy atom. The van der Waals surface area contributed by atoms with Crippen LogP contribution in [0.1, 0.15) is 25.5 Å². The fraction of sp³-hybridized carbons (Fsp3) is 0.462. The quantitative estimate of drug-likeness (QED) is 0.907. The molecule has 0 aliphatic carbocycles. The van der Waals surface area contributed by atoms with E-state index in [0.29, 0.717) is 5.56 Å². The molecule has 1 aliphatic heterocycles. The molecule has 0 radical (unpaired) electrons. The summed E-state index contributed by atoms with van der Waals surface area (Å²) in [6, 6.07) is 5.11. The first-order valence-electron chi connectivity index (χ1n) is 5.96. The highest BCUT2D eigenvalue weighted by molar-refractivity contribution is 5.69. The second-order valence-electron chi connectivity index (χ2n) is 5.26. The maximum Gasteiger partial charge on any atom is 0.573 e. The van der Waals surface area contributed by atoms with Crippen molar-refractivity contribution in [1.82, 2.24) is 5.32 Å². The van der Waals surface area contributed by atoms with Crippen LogP contribution in [-0.2, 0) is 4.74 Å². The van der Waals surface area contributed by atoms with Gasteiger partial charge in [-0.2, -0.15) is 0 Å². The zero-order valence-corrected chi connectivity index (χ0v) is 11.0. The molecule has 7 heteroatoms. The SMILES string of the molecule is CC1(C)COC(=O)N[C@@H]1c1ccc(OC(F)(F)F)cc1. The van der Waals surface area contributed by atoms with E-state index in [-0.39, 0.29) is 23.8 Å². The van der Waals surface area contributed by atoms with Crippen LogP contribution in [0.2, 0.25) is 0 Å². The minimum absolute atomic E-state index is 0.240. The number of cyclic esters (lactones) is 1. The van der Waals surface area contributed by atoms with Gasteiger partial charge in [-0.3, -0.25) is 0 Å². The molecule has 20 heavy (non-hydrogen) atoms. The first-order valence-corrected chi connectivity index (χ1v) is 5.96. The van der Waals surface area contributed by atoms with Crippen molar-refractivity contribution in [1.29, 1.82) is 0 Å². The van der Waals surface area contributed by atoms with Gasteiger partial charge in [0.15, 0.2) is 0 Å². The normalized spacial score (nSPS) is 21.9. The molecule has 110 valence electrons. The summed E-state index contributed by atoms with van der Waals surface area (Å²) < 4.78 is 44.9. The molecule has 0 aromatic heterocycles. The van der Waals surface area contributed by atoms with Gasteiger partial charge in [0.2, 0.25) is 0 Å². The Labute approximate surface area is 113 Å². The molecule has 1 aromatic carbocycles. The number of alkyl halides is 3. The number of carbonyl (C=O) groups is 1. The van der Waals surface area contributed by atoms with E-state index in [4.69, 9.17) is 4.74 Å². The summed E-state index contributed by atoms with van der Waals surface area (Å²) >= 11 is 0. The lowest BCUT2D eigenvalue weighted by atomic mass is 9.80. The van der Waals surface area contributed by atoms with Crippen molar-refractivity contribution in [2.45, 2.75) is 26.3 Å². The Kier molecular flexibility index (Phi) is 3.54. The molecule has 1 N–H and O–H groups in total. The molecule has 1 heterocycles. The number of hydrogen-bond acceptors (Lipinski definition) is 3. The summed E-state index contributed by atoms with van der Waals surface area (Å²) in [4.78, 5) is 11.3. The Bertz CT molecular complexity index is 497. The van der Waals surface area contributed by atoms with Crippen LogP contribution in [0.15, 0.2) is 24.3 Å². The van der Waals surface area contributed by atoms with Crippen molar-refractivity contribution in [2.75, 3.05) is 6.61 Å². The topological polar surface area (TPSA) is 47.6 Å². The lowest BCUT2D eigenvalue weighted by Crippen LogP contribution is -2.46. The van der Waals surface area contributed by atoms with E-state index in [0.717, 1.165) is 0 Å². The van der Waals surface area contributed by atoms with Crippen LogP contribution in [0, 0.1) is 5.41 Å². The smallest absolute Gasteiger partial charge is 0.449 e. The van der Waals surface area contributed by atoms with E-state index in [9.17, 15) is 18.0 Å². The minimum Gasteiger partial charge on any atom is -0.449 e. The Hall–Kier alpha value is -1.92. The summed E-state index contributed by atoms with van der Waals surface area (Å²) in [7, 11) is 0. The second-order valence-corrected chi connectivity index (χ2v) is 5.26. The predicted octanol–water partition coefficient (Wildman–Crippen LogP) is 3.39. The van der Waals surface area contributed by atoms with E-state index >= 15 is 0 Å². The lowest BCUT2D eigenvalue weighted by molar-refractivity contribution is -0.274. The number of rotatable bonds is 2. The van der Waals surface area contributed by atoms with Crippen LogP contribution in [0.5, 0.6) is 5.75 Å². The van der Waals surface area contributed by atoms with Crippen LogP contribution in [0.4, 0.5) is 18.0 Å². The van der Waals surface area contributed by atoms with Gasteiger partial charge in [-0.05, 0) is 17.7 Å². The number of benzene rings is 1. The summed E-state index contributed by atoms with van der Waals surface area (Å²) in [6.07, 6.45) is -5.25. The van der Waals surface area contributed by atoms with Crippen molar-refractivity contribution in [3.05, 3.63) is 29.8 Å².